The molecule has 0 heterocycles. The minimum Gasteiger partial charge on any atom is -0.493 e. The Morgan fingerprint density at radius 3 is 2.30 bits per heavy atom. The maximum Gasteiger partial charge on any atom is 0.203 e. The van der Waals surface area contributed by atoms with E-state index in [0.29, 0.717) is 17.2 Å². The summed E-state index contributed by atoms with van der Waals surface area (Å²) in [6.07, 6.45) is 2.44. The van der Waals surface area contributed by atoms with Crippen LogP contribution < -0.4 is 14.2 Å². The zero-order chi connectivity index (χ0) is 16.8. The van der Waals surface area contributed by atoms with Crippen molar-refractivity contribution in [2.75, 3.05) is 42.3 Å². The largest absolute Gasteiger partial charge is 0.493 e. The lowest BCUT2D eigenvalue weighted by Gasteiger charge is -2.23. The molecule has 0 aliphatic heterocycles. The van der Waals surface area contributed by atoms with Crippen molar-refractivity contribution in [3.05, 3.63) is 17.2 Å². The molecule has 0 saturated carbocycles. The highest BCUT2D eigenvalue weighted by Gasteiger charge is 2.30. The lowest BCUT2D eigenvalue weighted by Crippen LogP contribution is -2.16. The number of fused-ring (bicyclic) bond motifs is 1. The van der Waals surface area contributed by atoms with Crippen molar-refractivity contribution in [2.24, 2.45) is 0 Å². The van der Waals surface area contributed by atoms with E-state index in [0.717, 1.165) is 30.4 Å². The monoisotopic (exact) mass is 326 g/mol. The van der Waals surface area contributed by atoms with Gasteiger partial charge in [-0.15, -0.1) is 0 Å². The van der Waals surface area contributed by atoms with Gasteiger partial charge < -0.3 is 28.4 Å². The predicted molar refractivity (Wildman–Crippen MR) is 85.5 cm³/mol. The Morgan fingerprint density at radius 2 is 1.74 bits per heavy atom. The van der Waals surface area contributed by atoms with Gasteiger partial charge in [-0.2, -0.15) is 0 Å². The van der Waals surface area contributed by atoms with Gasteiger partial charge in [0.05, 0.1) is 33.5 Å². The Morgan fingerprint density at radius 1 is 1.00 bits per heavy atom. The highest BCUT2D eigenvalue weighted by molar-refractivity contribution is 5.60. The molecule has 0 bridgehead atoms. The molecule has 0 amide bonds. The number of benzene rings is 1. The average molecular weight is 326 g/mol. The fourth-order valence-electron chi connectivity index (χ4n) is 3.09. The van der Waals surface area contributed by atoms with Crippen molar-refractivity contribution >= 4 is 0 Å². The van der Waals surface area contributed by atoms with E-state index in [9.17, 15) is 0 Å². The molecular formula is C17H26O6. The highest BCUT2D eigenvalue weighted by atomic mass is 16.7. The van der Waals surface area contributed by atoms with E-state index in [2.05, 4.69) is 0 Å². The van der Waals surface area contributed by atoms with Gasteiger partial charge in [0.15, 0.2) is 11.5 Å². The number of hydrogen-bond acceptors (Lipinski definition) is 6. The Hall–Kier alpha value is -1.50. The molecule has 1 aliphatic rings. The fraction of sp³-hybridized carbons (Fsp3) is 0.647. The zero-order valence-corrected chi connectivity index (χ0v) is 14.5. The second-order valence-corrected chi connectivity index (χ2v) is 5.41. The summed E-state index contributed by atoms with van der Waals surface area (Å²) in [6, 6.07) is 1.97. The van der Waals surface area contributed by atoms with E-state index in [1.807, 2.05) is 6.07 Å². The molecule has 130 valence electrons. The molecule has 0 N–H and O–H groups in total. The maximum absolute atomic E-state index is 5.89. The highest BCUT2D eigenvalue weighted by Crippen LogP contribution is 2.47. The molecule has 0 spiro atoms. The molecule has 0 saturated heterocycles. The third-order valence-electron chi connectivity index (χ3n) is 4.23. The van der Waals surface area contributed by atoms with Gasteiger partial charge in [-0.05, 0) is 24.5 Å². The van der Waals surface area contributed by atoms with Gasteiger partial charge in [0.1, 0.15) is 6.79 Å². The number of hydrogen-bond donors (Lipinski definition) is 0. The average Bonchev–Trinajstić information content (AvgIpc) is 2.77. The van der Waals surface area contributed by atoms with Crippen LogP contribution >= 0.6 is 0 Å². The Kier molecular flexibility index (Phi) is 6.50. The van der Waals surface area contributed by atoms with E-state index >= 15 is 0 Å². The van der Waals surface area contributed by atoms with Crippen LogP contribution in [0.4, 0.5) is 0 Å². The van der Waals surface area contributed by atoms with E-state index in [1.54, 1.807) is 35.5 Å². The molecule has 0 fully saturated rings. The molecule has 23 heavy (non-hydrogen) atoms. The van der Waals surface area contributed by atoms with Gasteiger partial charge in [-0.3, -0.25) is 0 Å². The van der Waals surface area contributed by atoms with E-state index in [4.69, 9.17) is 28.4 Å². The SMILES string of the molecule is COCOC1C[C@H](OC)CCc2c1cc(OC)c(OC)c2OC. The van der Waals surface area contributed by atoms with Crippen LogP contribution in [0.25, 0.3) is 0 Å². The van der Waals surface area contributed by atoms with Gasteiger partial charge in [0.25, 0.3) is 0 Å². The van der Waals surface area contributed by atoms with E-state index in [-0.39, 0.29) is 19.0 Å². The molecule has 6 nitrogen and oxygen atoms in total. The quantitative estimate of drug-likeness (QED) is 0.567. The summed E-state index contributed by atoms with van der Waals surface area (Å²) in [6.45, 7) is 0.219. The van der Waals surface area contributed by atoms with E-state index < -0.39 is 0 Å². The van der Waals surface area contributed by atoms with Crippen molar-refractivity contribution in [1.82, 2.24) is 0 Å². The summed E-state index contributed by atoms with van der Waals surface area (Å²) in [7, 11) is 8.21. The normalized spacial score (nSPS) is 20.6. The standard InChI is InChI=1S/C17H26O6/c1-18-10-23-14-8-11(19-2)6-7-12-13(14)9-15(20-3)17(22-5)16(12)21-4/h9,11,14H,6-8,10H2,1-5H3/t11-,14?/m1/s1. The summed E-state index contributed by atoms with van der Waals surface area (Å²) in [5.41, 5.74) is 2.11. The summed E-state index contributed by atoms with van der Waals surface area (Å²) in [5.74, 6) is 1.93. The topological polar surface area (TPSA) is 55.4 Å². The zero-order valence-electron chi connectivity index (χ0n) is 14.5. The smallest absolute Gasteiger partial charge is 0.203 e. The Balaban J connectivity index is 2.53. The molecule has 0 aromatic heterocycles. The number of ether oxygens (including phenoxy) is 6. The second-order valence-electron chi connectivity index (χ2n) is 5.41. The fourth-order valence-corrected chi connectivity index (χ4v) is 3.09. The molecule has 6 heteroatoms. The Bertz CT molecular complexity index is 516. The van der Waals surface area contributed by atoms with Gasteiger partial charge in [0.2, 0.25) is 5.75 Å². The first-order valence-corrected chi connectivity index (χ1v) is 7.65. The molecule has 1 aromatic rings. The van der Waals surface area contributed by atoms with Crippen LogP contribution in [0.15, 0.2) is 6.07 Å². The molecular weight excluding hydrogens is 300 g/mol. The van der Waals surface area contributed by atoms with Gasteiger partial charge in [-0.25, -0.2) is 0 Å². The van der Waals surface area contributed by atoms with Crippen molar-refractivity contribution in [2.45, 2.75) is 31.5 Å². The van der Waals surface area contributed by atoms with Crippen molar-refractivity contribution in [3.8, 4) is 17.2 Å². The number of methoxy groups -OCH3 is 5. The van der Waals surface area contributed by atoms with Crippen molar-refractivity contribution < 1.29 is 28.4 Å². The lowest BCUT2D eigenvalue weighted by molar-refractivity contribution is -0.0884. The molecule has 2 atom stereocenters. The molecule has 1 aromatic carbocycles. The van der Waals surface area contributed by atoms with E-state index in [1.165, 1.54) is 0 Å². The van der Waals surface area contributed by atoms with Crippen LogP contribution in [-0.2, 0) is 20.6 Å². The summed E-state index contributed by atoms with van der Waals surface area (Å²) >= 11 is 0. The van der Waals surface area contributed by atoms with Gasteiger partial charge in [0, 0.05) is 26.2 Å². The first-order valence-electron chi connectivity index (χ1n) is 7.65. The van der Waals surface area contributed by atoms with Gasteiger partial charge in [-0.1, -0.05) is 0 Å². The molecule has 2 rings (SSSR count). The van der Waals surface area contributed by atoms with Crippen LogP contribution in [-0.4, -0.2) is 48.4 Å². The van der Waals surface area contributed by atoms with Gasteiger partial charge >= 0.3 is 0 Å². The second kappa shape index (κ2) is 8.38. The van der Waals surface area contributed by atoms with Crippen LogP contribution in [0.5, 0.6) is 17.2 Å². The van der Waals surface area contributed by atoms with Crippen molar-refractivity contribution in [3.63, 3.8) is 0 Å². The third kappa shape index (κ3) is 3.71. The summed E-state index contributed by atoms with van der Waals surface area (Å²) in [4.78, 5) is 0. The Labute approximate surface area is 137 Å². The van der Waals surface area contributed by atoms with Crippen LogP contribution in [0.2, 0.25) is 0 Å². The maximum atomic E-state index is 5.89. The first-order chi connectivity index (χ1) is 11.2. The van der Waals surface area contributed by atoms with Crippen LogP contribution in [0, 0.1) is 0 Å². The number of rotatable bonds is 7. The molecule has 1 unspecified atom stereocenters. The minimum absolute atomic E-state index is 0.117. The molecule has 0 radical (unpaired) electrons. The third-order valence-corrected chi connectivity index (χ3v) is 4.23. The lowest BCUT2D eigenvalue weighted by atomic mass is 9.98. The minimum atomic E-state index is -0.147. The van der Waals surface area contributed by atoms with Crippen LogP contribution in [0.3, 0.4) is 0 Å². The van der Waals surface area contributed by atoms with Crippen molar-refractivity contribution in [1.29, 1.82) is 0 Å². The summed E-state index contributed by atoms with van der Waals surface area (Å²) in [5, 5.41) is 0. The molecule has 1 aliphatic carbocycles. The first kappa shape index (κ1) is 17.8. The predicted octanol–water partition coefficient (Wildman–Crippen LogP) is 2.73. The van der Waals surface area contributed by atoms with Crippen LogP contribution in [0.1, 0.15) is 30.1 Å². The summed E-state index contributed by atoms with van der Waals surface area (Å²) < 4.78 is 33.1.